The molecule has 0 atom stereocenters. The molecule has 0 amide bonds. The number of aryl methyl sites for hydroxylation is 1. The number of benzene rings is 6. The predicted molar refractivity (Wildman–Crippen MR) is 150 cm³/mol. The summed E-state index contributed by atoms with van der Waals surface area (Å²) in [5.74, 6) is 0.646. The fourth-order valence-corrected chi connectivity index (χ4v) is 5.29. The lowest BCUT2D eigenvalue weighted by molar-refractivity contribution is 0.620. The van der Waals surface area contributed by atoms with E-state index < -0.39 is 0 Å². The van der Waals surface area contributed by atoms with Crippen LogP contribution in [0.4, 0.5) is 0 Å². The molecule has 7 rings (SSSR count). The van der Waals surface area contributed by atoms with Crippen molar-refractivity contribution in [2.24, 2.45) is 0 Å². The van der Waals surface area contributed by atoms with Gasteiger partial charge in [-0.3, -0.25) is 0 Å². The monoisotopic (exact) mass is 461 g/mol. The van der Waals surface area contributed by atoms with Crippen LogP contribution in [0.5, 0.6) is 0 Å². The molecule has 0 radical (unpaired) electrons. The second-order valence-corrected chi connectivity index (χ2v) is 9.27. The van der Waals surface area contributed by atoms with Crippen LogP contribution in [0.2, 0.25) is 0 Å². The molecule has 2 nitrogen and oxygen atoms in total. The number of hydrogen-bond acceptors (Lipinski definition) is 2. The van der Waals surface area contributed by atoms with Gasteiger partial charge in [0, 0.05) is 5.56 Å². The number of rotatable bonds is 3. The number of oxazole rings is 1. The topological polar surface area (TPSA) is 26.0 Å². The Labute approximate surface area is 209 Å². The molecule has 0 fully saturated rings. The predicted octanol–water partition coefficient (Wildman–Crippen LogP) is 9.44. The van der Waals surface area contributed by atoms with Crippen LogP contribution < -0.4 is 0 Å². The third-order valence-electron chi connectivity index (χ3n) is 6.96. The lowest BCUT2D eigenvalue weighted by Gasteiger charge is -2.18. The molecule has 2 heteroatoms. The van der Waals surface area contributed by atoms with E-state index >= 15 is 0 Å². The van der Waals surface area contributed by atoms with Gasteiger partial charge >= 0.3 is 0 Å². The van der Waals surface area contributed by atoms with Crippen LogP contribution in [0.25, 0.3) is 66.4 Å². The molecular formula is C34H23NO. The largest absolute Gasteiger partial charge is 0.436 e. The van der Waals surface area contributed by atoms with Gasteiger partial charge in [0.05, 0.1) is 0 Å². The molecule has 1 heterocycles. The summed E-state index contributed by atoms with van der Waals surface area (Å²) in [7, 11) is 0. The third kappa shape index (κ3) is 3.30. The minimum Gasteiger partial charge on any atom is -0.436 e. The maximum absolute atomic E-state index is 6.01. The minimum atomic E-state index is 0.646. The first-order chi connectivity index (χ1) is 17.8. The summed E-state index contributed by atoms with van der Waals surface area (Å²) in [5, 5.41) is 5.05. The SMILES string of the molecule is Cc1ccc2c(-c3ccccc3)c3ccccc3c(-c3ccc(-c4nc5ccccc5o4)cc3)c2c1. The molecule has 0 spiro atoms. The van der Waals surface area contributed by atoms with Crippen molar-refractivity contribution in [3.05, 3.63) is 127 Å². The van der Waals surface area contributed by atoms with Crippen molar-refractivity contribution >= 4 is 32.6 Å². The zero-order chi connectivity index (χ0) is 24.1. The molecule has 0 bridgehead atoms. The van der Waals surface area contributed by atoms with Crippen LogP contribution in [0, 0.1) is 6.92 Å². The molecule has 0 saturated heterocycles. The second-order valence-electron chi connectivity index (χ2n) is 9.27. The molecule has 36 heavy (non-hydrogen) atoms. The summed E-state index contributed by atoms with van der Waals surface area (Å²) in [6.07, 6.45) is 0. The Balaban J connectivity index is 1.48. The zero-order valence-electron chi connectivity index (χ0n) is 19.9. The van der Waals surface area contributed by atoms with E-state index in [1.54, 1.807) is 0 Å². The van der Waals surface area contributed by atoms with E-state index in [0.29, 0.717) is 5.89 Å². The van der Waals surface area contributed by atoms with Crippen LogP contribution in [-0.4, -0.2) is 4.98 Å². The first-order valence-corrected chi connectivity index (χ1v) is 12.2. The number of aromatic nitrogens is 1. The van der Waals surface area contributed by atoms with Crippen molar-refractivity contribution in [2.75, 3.05) is 0 Å². The maximum atomic E-state index is 6.01. The summed E-state index contributed by atoms with van der Waals surface area (Å²) < 4.78 is 6.01. The van der Waals surface area contributed by atoms with E-state index in [0.717, 1.165) is 16.7 Å². The van der Waals surface area contributed by atoms with Gasteiger partial charge in [-0.2, -0.15) is 0 Å². The van der Waals surface area contributed by atoms with Gasteiger partial charge in [0.1, 0.15) is 5.52 Å². The molecule has 0 aliphatic carbocycles. The Bertz CT molecular complexity index is 1850. The van der Waals surface area contributed by atoms with Crippen LogP contribution in [-0.2, 0) is 0 Å². The van der Waals surface area contributed by atoms with Gasteiger partial charge in [-0.05, 0) is 75.0 Å². The van der Waals surface area contributed by atoms with Crippen LogP contribution in [0.1, 0.15) is 5.56 Å². The van der Waals surface area contributed by atoms with Crippen molar-refractivity contribution in [3.8, 4) is 33.7 Å². The highest BCUT2D eigenvalue weighted by molar-refractivity contribution is 6.21. The summed E-state index contributed by atoms with van der Waals surface area (Å²) in [4.78, 5) is 4.68. The van der Waals surface area contributed by atoms with E-state index in [9.17, 15) is 0 Å². The molecule has 0 aliphatic heterocycles. The quantitative estimate of drug-likeness (QED) is 0.245. The second kappa shape index (κ2) is 8.21. The molecule has 1 aromatic heterocycles. The molecule has 170 valence electrons. The average molecular weight is 462 g/mol. The van der Waals surface area contributed by atoms with Gasteiger partial charge in [0.2, 0.25) is 5.89 Å². The molecule has 6 aromatic carbocycles. The van der Waals surface area contributed by atoms with E-state index in [1.807, 2.05) is 24.3 Å². The van der Waals surface area contributed by atoms with Gasteiger partial charge < -0.3 is 4.42 Å². The highest BCUT2D eigenvalue weighted by Gasteiger charge is 2.17. The van der Waals surface area contributed by atoms with Gasteiger partial charge in [-0.25, -0.2) is 4.98 Å². The third-order valence-corrected chi connectivity index (χ3v) is 6.96. The van der Waals surface area contributed by atoms with Crippen molar-refractivity contribution < 1.29 is 4.42 Å². The minimum absolute atomic E-state index is 0.646. The van der Waals surface area contributed by atoms with E-state index in [1.165, 1.54) is 49.4 Å². The van der Waals surface area contributed by atoms with Gasteiger partial charge in [0.25, 0.3) is 0 Å². The summed E-state index contributed by atoms with van der Waals surface area (Å²) >= 11 is 0. The number of para-hydroxylation sites is 2. The fourth-order valence-electron chi connectivity index (χ4n) is 5.29. The Morgan fingerprint density at radius 2 is 1.08 bits per heavy atom. The average Bonchev–Trinajstić information content (AvgIpc) is 3.37. The van der Waals surface area contributed by atoms with Crippen molar-refractivity contribution in [2.45, 2.75) is 6.92 Å². The van der Waals surface area contributed by atoms with Gasteiger partial charge in [-0.15, -0.1) is 0 Å². The first kappa shape index (κ1) is 20.7. The Kier molecular flexibility index (Phi) is 4.71. The van der Waals surface area contributed by atoms with Gasteiger partial charge in [0.15, 0.2) is 5.58 Å². The summed E-state index contributed by atoms with van der Waals surface area (Å²) in [5.41, 5.74) is 8.87. The summed E-state index contributed by atoms with van der Waals surface area (Å²) in [6.45, 7) is 2.16. The molecule has 0 saturated carbocycles. The molecule has 0 N–H and O–H groups in total. The zero-order valence-corrected chi connectivity index (χ0v) is 19.9. The number of fused-ring (bicyclic) bond motifs is 3. The standard InChI is InChI=1S/C34H23NO/c1-22-15-20-28-29(21-22)33(27-12-6-5-11-26(27)32(28)23-9-3-2-4-10-23)24-16-18-25(19-17-24)34-35-30-13-7-8-14-31(30)36-34/h2-21H,1H3. The van der Waals surface area contributed by atoms with Crippen molar-refractivity contribution in [1.82, 2.24) is 4.98 Å². The van der Waals surface area contributed by atoms with Crippen molar-refractivity contribution in [3.63, 3.8) is 0 Å². The number of nitrogens with zero attached hydrogens (tertiary/aromatic N) is 1. The summed E-state index contributed by atoms with van der Waals surface area (Å²) in [6, 6.07) is 42.8. The highest BCUT2D eigenvalue weighted by atomic mass is 16.3. The number of hydrogen-bond donors (Lipinski definition) is 0. The first-order valence-electron chi connectivity index (χ1n) is 12.2. The lowest BCUT2D eigenvalue weighted by Crippen LogP contribution is -1.91. The Morgan fingerprint density at radius 3 is 1.83 bits per heavy atom. The van der Waals surface area contributed by atoms with Gasteiger partial charge in [-0.1, -0.05) is 103 Å². The lowest BCUT2D eigenvalue weighted by atomic mass is 9.85. The van der Waals surface area contributed by atoms with Crippen molar-refractivity contribution in [1.29, 1.82) is 0 Å². The Morgan fingerprint density at radius 1 is 0.500 bits per heavy atom. The van der Waals surface area contributed by atoms with Crippen LogP contribution >= 0.6 is 0 Å². The maximum Gasteiger partial charge on any atom is 0.227 e. The molecule has 7 aromatic rings. The van der Waals surface area contributed by atoms with E-state index in [4.69, 9.17) is 4.42 Å². The molecule has 0 unspecified atom stereocenters. The molecule has 0 aliphatic rings. The van der Waals surface area contributed by atoms with Crippen LogP contribution in [0.3, 0.4) is 0 Å². The van der Waals surface area contributed by atoms with Crippen LogP contribution in [0.15, 0.2) is 126 Å². The fraction of sp³-hybridized carbons (Fsp3) is 0.0294. The normalized spacial score (nSPS) is 11.5. The van der Waals surface area contributed by atoms with E-state index in [2.05, 4.69) is 109 Å². The Hall–Kier alpha value is -4.69. The molecular weight excluding hydrogens is 438 g/mol. The smallest absolute Gasteiger partial charge is 0.227 e. The highest BCUT2D eigenvalue weighted by Crippen LogP contribution is 2.44. The van der Waals surface area contributed by atoms with E-state index in [-0.39, 0.29) is 0 Å².